The number of amides is 2. The summed E-state index contributed by atoms with van der Waals surface area (Å²) in [6, 6.07) is 12.6. The van der Waals surface area contributed by atoms with Crippen molar-refractivity contribution < 1.29 is 19.1 Å². The number of methoxy groups -OCH3 is 2. The Kier molecular flexibility index (Phi) is 7.49. The topological polar surface area (TPSA) is 67.9 Å². The molecule has 0 aliphatic carbocycles. The molecule has 0 spiro atoms. The molecule has 0 radical (unpaired) electrons. The van der Waals surface area contributed by atoms with Gasteiger partial charge in [-0.05, 0) is 49.6 Å². The van der Waals surface area contributed by atoms with Crippen LogP contribution in [0.25, 0.3) is 0 Å². The zero-order valence-corrected chi connectivity index (χ0v) is 19.5. The summed E-state index contributed by atoms with van der Waals surface area (Å²) in [6.45, 7) is 5.91. The molecule has 0 bridgehead atoms. The van der Waals surface area contributed by atoms with Crippen LogP contribution in [0.5, 0.6) is 11.5 Å². The fourth-order valence-electron chi connectivity index (χ4n) is 3.61. The molecule has 0 aromatic heterocycles. The van der Waals surface area contributed by atoms with E-state index in [1.807, 2.05) is 63.2 Å². The van der Waals surface area contributed by atoms with Crippen molar-refractivity contribution in [2.45, 2.75) is 44.6 Å². The molecule has 166 valence electrons. The van der Waals surface area contributed by atoms with Gasteiger partial charge in [0.15, 0.2) is 11.5 Å². The maximum absolute atomic E-state index is 13.7. The zero-order chi connectivity index (χ0) is 22.5. The van der Waals surface area contributed by atoms with Crippen LogP contribution in [0.4, 0.5) is 0 Å². The number of nitrogens with one attached hydrogen (secondary N) is 1. The van der Waals surface area contributed by atoms with E-state index in [-0.39, 0.29) is 23.2 Å². The molecule has 31 heavy (non-hydrogen) atoms. The second-order valence-electron chi connectivity index (χ2n) is 7.66. The summed E-state index contributed by atoms with van der Waals surface area (Å²) in [5.41, 5.74) is 2.39. The van der Waals surface area contributed by atoms with Crippen LogP contribution in [0.2, 0.25) is 0 Å². The lowest BCUT2D eigenvalue weighted by Crippen LogP contribution is -2.50. The van der Waals surface area contributed by atoms with E-state index >= 15 is 0 Å². The lowest BCUT2D eigenvalue weighted by Gasteiger charge is -2.30. The van der Waals surface area contributed by atoms with Crippen LogP contribution in [0.15, 0.2) is 42.5 Å². The third-order valence-corrected chi connectivity index (χ3v) is 6.93. The van der Waals surface area contributed by atoms with Crippen molar-refractivity contribution in [1.82, 2.24) is 10.2 Å². The summed E-state index contributed by atoms with van der Waals surface area (Å²) in [7, 11) is 3.17. The maximum Gasteiger partial charge on any atom is 0.256 e. The van der Waals surface area contributed by atoms with Gasteiger partial charge >= 0.3 is 0 Å². The van der Waals surface area contributed by atoms with E-state index in [9.17, 15) is 9.59 Å². The molecular weight excluding hydrogens is 412 g/mol. The van der Waals surface area contributed by atoms with Gasteiger partial charge in [0.25, 0.3) is 5.91 Å². The van der Waals surface area contributed by atoms with Crippen molar-refractivity contribution in [2.75, 3.05) is 20.0 Å². The lowest BCUT2D eigenvalue weighted by molar-refractivity contribution is -0.125. The van der Waals surface area contributed by atoms with Crippen LogP contribution in [0, 0.1) is 6.92 Å². The van der Waals surface area contributed by atoms with E-state index in [1.54, 1.807) is 30.9 Å². The van der Waals surface area contributed by atoms with Crippen LogP contribution in [0.1, 0.15) is 47.1 Å². The van der Waals surface area contributed by atoms with Crippen molar-refractivity contribution >= 4 is 23.6 Å². The third-order valence-electron chi connectivity index (χ3n) is 5.61. The Labute approximate surface area is 188 Å². The number of rotatable bonds is 7. The number of carbonyl (C=O) groups excluding carboxylic acids is 2. The van der Waals surface area contributed by atoms with E-state index < -0.39 is 6.04 Å². The van der Waals surface area contributed by atoms with Gasteiger partial charge in [-0.1, -0.05) is 31.2 Å². The monoisotopic (exact) mass is 442 g/mol. The van der Waals surface area contributed by atoms with Crippen LogP contribution >= 0.6 is 11.8 Å². The minimum Gasteiger partial charge on any atom is -0.493 e. The number of nitrogens with zero attached hydrogens (tertiary/aromatic N) is 1. The number of hydrogen-bond acceptors (Lipinski definition) is 5. The molecule has 2 aromatic carbocycles. The standard InChI is InChI=1S/C24H30N2O4S/c1-6-16(3)25-22(27)19-14-31-24(17-11-12-20(29-4)21(13-17)30-5)26(19)23(28)18-10-8-7-9-15(18)2/h7-13,16,19,24H,6,14H2,1-5H3,(H,25,27). The Balaban J connectivity index is 2.01. The first kappa shape index (κ1) is 23.0. The molecule has 1 aliphatic heterocycles. The van der Waals surface area contributed by atoms with Crippen LogP contribution in [-0.2, 0) is 4.79 Å². The number of benzene rings is 2. The van der Waals surface area contributed by atoms with Crippen LogP contribution < -0.4 is 14.8 Å². The summed E-state index contributed by atoms with van der Waals surface area (Å²) in [4.78, 5) is 28.5. The fourth-order valence-corrected chi connectivity index (χ4v) is 5.03. The van der Waals surface area contributed by atoms with Gasteiger partial charge in [-0.15, -0.1) is 11.8 Å². The summed E-state index contributed by atoms with van der Waals surface area (Å²) in [6.07, 6.45) is 0.830. The molecule has 1 fully saturated rings. The molecule has 0 saturated carbocycles. The molecule has 3 rings (SSSR count). The Morgan fingerprint density at radius 2 is 1.87 bits per heavy atom. The van der Waals surface area contributed by atoms with Crippen molar-refractivity contribution in [3.8, 4) is 11.5 Å². The highest BCUT2D eigenvalue weighted by Crippen LogP contribution is 2.44. The molecule has 7 heteroatoms. The van der Waals surface area contributed by atoms with Gasteiger partial charge in [0.1, 0.15) is 11.4 Å². The van der Waals surface area contributed by atoms with Gasteiger partial charge in [-0.2, -0.15) is 0 Å². The van der Waals surface area contributed by atoms with Crippen molar-refractivity contribution in [2.24, 2.45) is 0 Å². The van der Waals surface area contributed by atoms with Crippen molar-refractivity contribution in [1.29, 1.82) is 0 Å². The highest BCUT2D eigenvalue weighted by molar-refractivity contribution is 7.99. The second kappa shape index (κ2) is 10.1. The zero-order valence-electron chi connectivity index (χ0n) is 18.7. The predicted molar refractivity (Wildman–Crippen MR) is 124 cm³/mol. The smallest absolute Gasteiger partial charge is 0.256 e. The average molecular weight is 443 g/mol. The third kappa shape index (κ3) is 4.82. The maximum atomic E-state index is 13.7. The van der Waals surface area contributed by atoms with Crippen LogP contribution in [-0.4, -0.2) is 48.8 Å². The molecule has 2 amide bonds. The van der Waals surface area contributed by atoms with Gasteiger partial charge in [0.05, 0.1) is 14.2 Å². The Bertz CT molecular complexity index is 949. The lowest BCUT2D eigenvalue weighted by atomic mass is 10.1. The Morgan fingerprint density at radius 1 is 1.16 bits per heavy atom. The van der Waals surface area contributed by atoms with Gasteiger partial charge in [-0.3, -0.25) is 9.59 Å². The van der Waals surface area contributed by atoms with E-state index in [2.05, 4.69) is 5.32 Å². The molecule has 1 aliphatic rings. The first-order valence-electron chi connectivity index (χ1n) is 10.4. The summed E-state index contributed by atoms with van der Waals surface area (Å²) >= 11 is 1.58. The first-order valence-corrected chi connectivity index (χ1v) is 11.5. The van der Waals surface area contributed by atoms with E-state index in [4.69, 9.17) is 9.47 Å². The highest BCUT2D eigenvalue weighted by Gasteiger charge is 2.43. The Hall–Kier alpha value is -2.67. The normalized spacial score (nSPS) is 19.1. The molecule has 1 N–H and O–H groups in total. The molecule has 2 aromatic rings. The van der Waals surface area contributed by atoms with Gasteiger partial charge in [0, 0.05) is 17.4 Å². The molecule has 3 atom stereocenters. The molecule has 3 unspecified atom stereocenters. The number of carbonyl (C=O) groups is 2. The Morgan fingerprint density at radius 3 is 2.52 bits per heavy atom. The van der Waals surface area contributed by atoms with Crippen LogP contribution in [0.3, 0.4) is 0 Å². The summed E-state index contributed by atoms with van der Waals surface area (Å²) in [5.74, 6) is 1.48. The minimum absolute atomic E-state index is 0.0491. The van der Waals surface area contributed by atoms with Gasteiger partial charge in [-0.25, -0.2) is 0 Å². The molecule has 6 nitrogen and oxygen atoms in total. The second-order valence-corrected chi connectivity index (χ2v) is 8.77. The van der Waals surface area contributed by atoms with Gasteiger partial charge < -0.3 is 19.7 Å². The highest BCUT2D eigenvalue weighted by atomic mass is 32.2. The number of ether oxygens (including phenoxy) is 2. The molecule has 1 heterocycles. The van der Waals surface area contributed by atoms with Crippen molar-refractivity contribution in [3.63, 3.8) is 0 Å². The number of aryl methyl sites for hydroxylation is 1. The predicted octanol–water partition coefficient (Wildman–Crippen LogP) is 4.18. The van der Waals surface area contributed by atoms with E-state index in [0.29, 0.717) is 22.8 Å². The first-order chi connectivity index (χ1) is 14.9. The molecule has 1 saturated heterocycles. The average Bonchev–Trinajstić information content (AvgIpc) is 3.23. The van der Waals surface area contributed by atoms with Crippen molar-refractivity contribution in [3.05, 3.63) is 59.2 Å². The minimum atomic E-state index is -0.552. The quantitative estimate of drug-likeness (QED) is 0.697. The molecular formula is C24H30N2O4S. The SMILES string of the molecule is CCC(C)NC(=O)C1CSC(c2ccc(OC)c(OC)c2)N1C(=O)c1ccccc1C. The van der Waals surface area contributed by atoms with E-state index in [0.717, 1.165) is 17.5 Å². The number of hydrogen-bond donors (Lipinski definition) is 1. The largest absolute Gasteiger partial charge is 0.493 e. The fraction of sp³-hybridized carbons (Fsp3) is 0.417. The summed E-state index contributed by atoms with van der Waals surface area (Å²) < 4.78 is 10.8. The van der Waals surface area contributed by atoms with E-state index in [1.165, 1.54) is 0 Å². The number of thioether (sulfide) groups is 1. The van der Waals surface area contributed by atoms with Gasteiger partial charge in [0.2, 0.25) is 5.91 Å². The summed E-state index contributed by atoms with van der Waals surface area (Å²) in [5, 5.41) is 2.74.